The third-order valence-corrected chi connectivity index (χ3v) is 4.79. The molecule has 2 fully saturated rings. The predicted molar refractivity (Wildman–Crippen MR) is 69.2 cm³/mol. The molecule has 104 valence electrons. The normalized spacial score (nSPS) is 37.6. The fourth-order valence-corrected chi connectivity index (χ4v) is 3.78. The van der Waals surface area contributed by atoms with Crippen molar-refractivity contribution in [3.8, 4) is 0 Å². The van der Waals surface area contributed by atoms with E-state index in [0.29, 0.717) is 38.0 Å². The molecule has 0 aromatic rings. The molecule has 18 heavy (non-hydrogen) atoms. The molecule has 0 saturated carbocycles. The Morgan fingerprint density at radius 1 is 1.39 bits per heavy atom. The topological polar surface area (TPSA) is 49.8 Å². The number of rotatable bonds is 4. The molecule has 0 aliphatic carbocycles. The second-order valence-corrected chi connectivity index (χ2v) is 5.78. The monoisotopic (exact) mass is 255 g/mol. The summed E-state index contributed by atoms with van der Waals surface area (Å²) in [6.07, 6.45) is 4.35. The van der Waals surface area contributed by atoms with Crippen LogP contribution in [0.1, 0.15) is 46.0 Å². The molecular weight excluding hydrogens is 230 g/mol. The highest BCUT2D eigenvalue weighted by Gasteiger charge is 2.51. The maximum absolute atomic E-state index is 12.0. The van der Waals surface area contributed by atoms with Crippen LogP contribution in [0.5, 0.6) is 0 Å². The summed E-state index contributed by atoms with van der Waals surface area (Å²) in [4.78, 5) is 14.4. The fourth-order valence-electron chi connectivity index (χ4n) is 3.78. The first kappa shape index (κ1) is 13.8. The number of ether oxygens (including phenoxy) is 1. The highest BCUT2D eigenvalue weighted by Crippen LogP contribution is 2.44. The van der Waals surface area contributed by atoms with E-state index in [1.165, 1.54) is 0 Å². The number of carbonyl (C=O) groups is 1. The Morgan fingerprint density at radius 2 is 1.94 bits per heavy atom. The molecule has 0 aromatic heterocycles. The van der Waals surface area contributed by atoms with Crippen LogP contribution in [-0.4, -0.2) is 47.3 Å². The summed E-state index contributed by atoms with van der Waals surface area (Å²) in [5, 5.41) is 10.9. The molecule has 2 heterocycles. The third kappa shape index (κ3) is 2.28. The number of aliphatic hydroxyl groups is 1. The molecule has 4 nitrogen and oxygen atoms in total. The van der Waals surface area contributed by atoms with Crippen LogP contribution in [0.3, 0.4) is 0 Å². The van der Waals surface area contributed by atoms with E-state index in [4.69, 9.17) is 4.74 Å². The summed E-state index contributed by atoms with van der Waals surface area (Å²) in [6.45, 7) is 4.16. The number of hydrogen-bond donors (Lipinski definition) is 1. The average Bonchev–Trinajstić information content (AvgIpc) is 2.54. The molecule has 3 atom stereocenters. The van der Waals surface area contributed by atoms with Crippen LogP contribution < -0.4 is 0 Å². The van der Waals surface area contributed by atoms with Gasteiger partial charge in [0.15, 0.2) is 0 Å². The van der Waals surface area contributed by atoms with Crippen LogP contribution in [-0.2, 0) is 9.53 Å². The van der Waals surface area contributed by atoms with Gasteiger partial charge in [-0.15, -0.1) is 0 Å². The van der Waals surface area contributed by atoms with Crippen molar-refractivity contribution < 1.29 is 14.6 Å². The number of piperidine rings is 1. The molecule has 2 aliphatic rings. The van der Waals surface area contributed by atoms with E-state index in [1.807, 2.05) is 13.8 Å². The van der Waals surface area contributed by atoms with E-state index in [2.05, 4.69) is 11.9 Å². The standard InChI is InChI=1S/C14H25NO3/c1-4-12(13(16)18-5-2)14(17)8-10-6-7-11(9-14)15(10)3/h10-12,17H,4-9H2,1-3H3. The van der Waals surface area contributed by atoms with Crippen molar-refractivity contribution in [2.24, 2.45) is 5.92 Å². The first-order valence-corrected chi connectivity index (χ1v) is 7.12. The maximum atomic E-state index is 12.0. The summed E-state index contributed by atoms with van der Waals surface area (Å²) >= 11 is 0. The molecule has 0 spiro atoms. The number of fused-ring (bicyclic) bond motifs is 2. The quantitative estimate of drug-likeness (QED) is 0.775. The number of carbonyl (C=O) groups excluding carboxylic acids is 1. The van der Waals surface area contributed by atoms with Gasteiger partial charge in [-0.3, -0.25) is 4.79 Å². The van der Waals surface area contributed by atoms with Gasteiger partial charge >= 0.3 is 5.97 Å². The molecular formula is C14H25NO3. The molecule has 0 radical (unpaired) electrons. The lowest BCUT2D eigenvalue weighted by atomic mass is 9.75. The lowest BCUT2D eigenvalue weighted by molar-refractivity contribution is -0.164. The molecule has 2 saturated heterocycles. The Hall–Kier alpha value is -0.610. The highest BCUT2D eigenvalue weighted by molar-refractivity contribution is 5.74. The van der Waals surface area contributed by atoms with Gasteiger partial charge < -0.3 is 14.7 Å². The summed E-state index contributed by atoms with van der Waals surface area (Å²) < 4.78 is 5.12. The lowest BCUT2D eigenvalue weighted by Crippen LogP contribution is -2.54. The van der Waals surface area contributed by atoms with Crippen molar-refractivity contribution in [2.75, 3.05) is 13.7 Å². The molecule has 0 aromatic carbocycles. The Kier molecular flexibility index (Phi) is 3.97. The predicted octanol–water partition coefficient (Wildman–Crippen LogP) is 1.56. The van der Waals surface area contributed by atoms with Gasteiger partial charge in [-0.1, -0.05) is 6.92 Å². The highest BCUT2D eigenvalue weighted by atomic mass is 16.5. The summed E-state index contributed by atoms with van der Waals surface area (Å²) in [6, 6.07) is 0.856. The third-order valence-electron chi connectivity index (χ3n) is 4.79. The van der Waals surface area contributed by atoms with Gasteiger partial charge in [-0.2, -0.15) is 0 Å². The van der Waals surface area contributed by atoms with E-state index in [1.54, 1.807) is 0 Å². The molecule has 4 heteroatoms. The smallest absolute Gasteiger partial charge is 0.311 e. The summed E-state index contributed by atoms with van der Waals surface area (Å²) in [5.74, 6) is -0.597. The van der Waals surface area contributed by atoms with Crippen LogP contribution in [0.15, 0.2) is 0 Å². The summed E-state index contributed by atoms with van der Waals surface area (Å²) in [5.41, 5.74) is -0.862. The minimum Gasteiger partial charge on any atom is -0.466 e. The van der Waals surface area contributed by atoms with E-state index >= 15 is 0 Å². The largest absolute Gasteiger partial charge is 0.466 e. The molecule has 2 bridgehead atoms. The minimum atomic E-state index is -0.862. The van der Waals surface area contributed by atoms with Crippen LogP contribution in [0.25, 0.3) is 0 Å². The lowest BCUT2D eigenvalue weighted by Gasteiger charge is -2.45. The molecule has 1 N–H and O–H groups in total. The van der Waals surface area contributed by atoms with Gasteiger partial charge in [0, 0.05) is 12.1 Å². The van der Waals surface area contributed by atoms with Gasteiger partial charge in [-0.25, -0.2) is 0 Å². The SMILES string of the molecule is CCOC(=O)C(CC)C1(O)CC2CCC(C1)N2C. The molecule has 2 aliphatic heterocycles. The zero-order chi connectivity index (χ0) is 13.3. The van der Waals surface area contributed by atoms with Crippen molar-refractivity contribution in [3.05, 3.63) is 0 Å². The van der Waals surface area contributed by atoms with Gasteiger partial charge in [-0.05, 0) is 46.1 Å². The Morgan fingerprint density at radius 3 is 2.39 bits per heavy atom. The van der Waals surface area contributed by atoms with Crippen molar-refractivity contribution in [3.63, 3.8) is 0 Å². The first-order valence-electron chi connectivity index (χ1n) is 7.12. The average molecular weight is 255 g/mol. The van der Waals surface area contributed by atoms with Crippen molar-refractivity contribution in [1.29, 1.82) is 0 Å². The zero-order valence-electron chi connectivity index (χ0n) is 11.7. The number of hydrogen-bond acceptors (Lipinski definition) is 4. The van der Waals surface area contributed by atoms with Crippen LogP contribution >= 0.6 is 0 Å². The second kappa shape index (κ2) is 5.17. The maximum Gasteiger partial charge on any atom is 0.311 e. The van der Waals surface area contributed by atoms with Crippen LogP contribution in [0, 0.1) is 5.92 Å². The number of nitrogens with zero attached hydrogens (tertiary/aromatic N) is 1. The van der Waals surface area contributed by atoms with Crippen molar-refractivity contribution >= 4 is 5.97 Å². The van der Waals surface area contributed by atoms with E-state index in [-0.39, 0.29) is 11.9 Å². The minimum absolute atomic E-state index is 0.230. The van der Waals surface area contributed by atoms with Gasteiger partial charge in [0.05, 0.1) is 18.1 Å². The Balaban J connectivity index is 2.13. The first-order chi connectivity index (χ1) is 8.51. The van der Waals surface area contributed by atoms with Gasteiger partial charge in [0.1, 0.15) is 0 Å². The second-order valence-electron chi connectivity index (χ2n) is 5.78. The van der Waals surface area contributed by atoms with E-state index in [9.17, 15) is 9.90 Å². The molecule has 2 rings (SSSR count). The van der Waals surface area contributed by atoms with Gasteiger partial charge in [0.25, 0.3) is 0 Å². The van der Waals surface area contributed by atoms with Crippen LogP contribution in [0.4, 0.5) is 0 Å². The van der Waals surface area contributed by atoms with Crippen molar-refractivity contribution in [2.45, 2.75) is 63.6 Å². The zero-order valence-corrected chi connectivity index (χ0v) is 11.7. The molecule has 3 unspecified atom stereocenters. The van der Waals surface area contributed by atoms with Gasteiger partial charge in [0.2, 0.25) is 0 Å². The Labute approximate surface area is 109 Å². The van der Waals surface area contributed by atoms with E-state index < -0.39 is 5.60 Å². The molecule has 0 amide bonds. The fraction of sp³-hybridized carbons (Fsp3) is 0.929. The van der Waals surface area contributed by atoms with E-state index in [0.717, 1.165) is 12.8 Å². The van der Waals surface area contributed by atoms with Crippen LogP contribution in [0.2, 0.25) is 0 Å². The summed E-state index contributed by atoms with van der Waals surface area (Å²) in [7, 11) is 2.13. The number of esters is 1. The Bertz CT molecular complexity index is 304. The van der Waals surface area contributed by atoms with Crippen molar-refractivity contribution in [1.82, 2.24) is 4.90 Å².